The minimum Gasteiger partial charge on any atom is -0.456 e. The summed E-state index contributed by atoms with van der Waals surface area (Å²) in [4.78, 5) is 0. The monoisotopic (exact) mass is 667 g/mol. The third-order valence-electron chi connectivity index (χ3n) is 10.5. The molecule has 0 spiro atoms. The van der Waals surface area contributed by atoms with Gasteiger partial charge in [0, 0.05) is 27.2 Å². The Morgan fingerprint density at radius 2 is 0.941 bits per heavy atom. The lowest BCUT2D eigenvalue weighted by Crippen LogP contribution is -2.74. The zero-order valence-corrected chi connectivity index (χ0v) is 28.9. The third kappa shape index (κ3) is 4.56. The van der Waals surface area contributed by atoms with Gasteiger partial charge in [0.1, 0.15) is 11.2 Å². The first-order valence-corrected chi connectivity index (χ1v) is 19.5. The van der Waals surface area contributed by atoms with Gasteiger partial charge in [-0.2, -0.15) is 0 Å². The summed E-state index contributed by atoms with van der Waals surface area (Å²) in [6.45, 7) is 0. The summed E-state index contributed by atoms with van der Waals surface area (Å²) < 4.78 is 8.92. The number of rotatable bonds is 6. The third-order valence-corrected chi connectivity index (χ3v) is 15.3. The van der Waals surface area contributed by atoms with Gasteiger partial charge in [-0.3, -0.25) is 0 Å². The summed E-state index contributed by atoms with van der Waals surface area (Å²) >= 11 is 0. The van der Waals surface area contributed by atoms with E-state index in [2.05, 4.69) is 205 Å². The highest BCUT2D eigenvalue weighted by molar-refractivity contribution is 7.20. The Balaban J connectivity index is 1.27. The number of furan rings is 1. The van der Waals surface area contributed by atoms with Gasteiger partial charge in [0.15, 0.2) is 8.07 Å². The van der Waals surface area contributed by atoms with Crippen LogP contribution in [0.5, 0.6) is 0 Å². The lowest BCUT2D eigenvalue weighted by Gasteiger charge is -2.35. The first kappa shape index (κ1) is 29.5. The fraction of sp³-hybridized carbons (Fsp3) is 0. The van der Waals surface area contributed by atoms with Crippen molar-refractivity contribution in [1.82, 2.24) is 4.57 Å². The molecular formula is C48H33NOSi. The summed E-state index contributed by atoms with van der Waals surface area (Å²) in [5.74, 6) is 0. The minimum atomic E-state index is -2.92. The zero-order valence-electron chi connectivity index (χ0n) is 27.9. The maximum atomic E-state index is 6.52. The molecule has 0 aliphatic heterocycles. The van der Waals surface area contributed by atoms with Crippen molar-refractivity contribution in [2.45, 2.75) is 0 Å². The number of nitrogens with zero attached hydrogens (tertiary/aromatic N) is 1. The highest BCUT2D eigenvalue weighted by atomic mass is 28.3. The van der Waals surface area contributed by atoms with Crippen molar-refractivity contribution in [3.63, 3.8) is 0 Å². The van der Waals surface area contributed by atoms with Crippen LogP contribution in [-0.2, 0) is 0 Å². The van der Waals surface area contributed by atoms with Crippen molar-refractivity contribution in [1.29, 1.82) is 0 Å². The normalized spacial score (nSPS) is 11.9. The van der Waals surface area contributed by atoms with Gasteiger partial charge in [0.05, 0.1) is 11.0 Å². The van der Waals surface area contributed by atoms with Gasteiger partial charge >= 0.3 is 0 Å². The van der Waals surface area contributed by atoms with Crippen molar-refractivity contribution in [2.75, 3.05) is 0 Å². The molecule has 240 valence electrons. The number of fused-ring (bicyclic) bond motifs is 6. The van der Waals surface area contributed by atoms with Gasteiger partial charge < -0.3 is 8.98 Å². The Morgan fingerprint density at radius 1 is 0.373 bits per heavy atom. The van der Waals surface area contributed by atoms with E-state index in [0.29, 0.717) is 0 Å². The average molecular weight is 668 g/mol. The molecule has 0 atom stereocenters. The van der Waals surface area contributed by atoms with Crippen LogP contribution >= 0.6 is 0 Å². The molecule has 0 N–H and O–H groups in total. The van der Waals surface area contributed by atoms with Crippen molar-refractivity contribution >= 4 is 72.6 Å². The summed E-state index contributed by atoms with van der Waals surface area (Å²) in [5, 5.41) is 10.2. The molecule has 3 heteroatoms. The molecule has 0 aliphatic carbocycles. The van der Waals surface area contributed by atoms with Crippen LogP contribution < -0.4 is 20.7 Å². The number of hydrogen-bond acceptors (Lipinski definition) is 1. The van der Waals surface area contributed by atoms with Crippen molar-refractivity contribution < 1.29 is 4.42 Å². The van der Waals surface area contributed by atoms with Gasteiger partial charge in [0.25, 0.3) is 0 Å². The molecule has 0 aliphatic rings. The number of aromatic nitrogens is 1. The van der Waals surface area contributed by atoms with Crippen LogP contribution in [0.2, 0.25) is 0 Å². The second-order valence-electron chi connectivity index (χ2n) is 13.3. The topological polar surface area (TPSA) is 18.1 Å². The summed E-state index contributed by atoms with van der Waals surface area (Å²) in [6.07, 6.45) is 0. The summed E-state index contributed by atoms with van der Waals surface area (Å²) in [7, 11) is -2.92. The van der Waals surface area contributed by atoms with Crippen LogP contribution in [0.25, 0.3) is 60.6 Å². The van der Waals surface area contributed by atoms with Crippen LogP contribution in [-0.4, -0.2) is 12.6 Å². The maximum absolute atomic E-state index is 6.52. The highest BCUT2D eigenvalue weighted by Gasteiger charge is 2.43. The quantitative estimate of drug-likeness (QED) is 0.128. The summed E-state index contributed by atoms with van der Waals surface area (Å²) in [5.41, 5.74) is 7.81. The van der Waals surface area contributed by atoms with Crippen LogP contribution in [0.4, 0.5) is 0 Å². The molecule has 51 heavy (non-hydrogen) atoms. The molecule has 10 rings (SSSR count). The van der Waals surface area contributed by atoms with Gasteiger partial charge in [0.2, 0.25) is 0 Å². The Kier molecular flexibility index (Phi) is 6.86. The summed E-state index contributed by atoms with van der Waals surface area (Å²) in [6, 6.07) is 73.2. The Labute approximate surface area is 297 Å². The Morgan fingerprint density at radius 3 is 1.71 bits per heavy atom. The van der Waals surface area contributed by atoms with Crippen LogP contribution in [0.1, 0.15) is 0 Å². The smallest absolute Gasteiger partial charge is 0.180 e. The van der Waals surface area contributed by atoms with Gasteiger partial charge in [-0.05, 0) is 68.3 Å². The highest BCUT2D eigenvalue weighted by Crippen LogP contribution is 2.35. The Bertz CT molecular complexity index is 2810. The lowest BCUT2D eigenvalue weighted by atomic mass is 10.0. The molecule has 0 saturated carbocycles. The molecule has 0 fully saturated rings. The lowest BCUT2D eigenvalue weighted by molar-refractivity contribution is 0.669. The van der Waals surface area contributed by atoms with Crippen LogP contribution in [0.15, 0.2) is 205 Å². The molecule has 0 amide bonds. The van der Waals surface area contributed by atoms with Gasteiger partial charge in [-0.15, -0.1) is 0 Å². The first-order valence-electron chi connectivity index (χ1n) is 17.5. The first-order chi connectivity index (χ1) is 25.3. The van der Waals surface area contributed by atoms with Crippen molar-refractivity contribution in [3.8, 4) is 16.8 Å². The van der Waals surface area contributed by atoms with E-state index >= 15 is 0 Å². The van der Waals surface area contributed by atoms with E-state index < -0.39 is 8.07 Å². The van der Waals surface area contributed by atoms with Gasteiger partial charge in [-0.25, -0.2) is 0 Å². The average Bonchev–Trinajstić information content (AvgIpc) is 3.75. The van der Waals surface area contributed by atoms with E-state index in [4.69, 9.17) is 4.42 Å². The molecule has 2 heterocycles. The van der Waals surface area contributed by atoms with E-state index in [1.807, 2.05) is 0 Å². The number of hydrogen-bond donors (Lipinski definition) is 0. The molecule has 0 saturated heterocycles. The van der Waals surface area contributed by atoms with Crippen LogP contribution in [0, 0.1) is 0 Å². The van der Waals surface area contributed by atoms with Crippen molar-refractivity contribution in [3.05, 3.63) is 200 Å². The molecule has 10 aromatic rings. The minimum absolute atomic E-state index is 0.917. The fourth-order valence-electron chi connectivity index (χ4n) is 8.37. The maximum Gasteiger partial charge on any atom is 0.180 e. The van der Waals surface area contributed by atoms with E-state index in [9.17, 15) is 0 Å². The second kappa shape index (κ2) is 11.9. The Hall–Kier alpha value is -6.42. The number of benzene rings is 8. The molecular weight excluding hydrogens is 635 g/mol. The molecule has 0 unspecified atom stereocenters. The molecule has 2 aromatic heterocycles. The predicted molar refractivity (Wildman–Crippen MR) is 217 cm³/mol. The van der Waals surface area contributed by atoms with Crippen molar-refractivity contribution in [2.24, 2.45) is 0 Å². The van der Waals surface area contributed by atoms with E-state index in [1.165, 1.54) is 59.1 Å². The van der Waals surface area contributed by atoms with Crippen LogP contribution in [0.3, 0.4) is 0 Å². The molecule has 0 radical (unpaired) electrons. The predicted octanol–water partition coefficient (Wildman–Crippen LogP) is 9.73. The molecule has 0 bridgehead atoms. The molecule has 2 nitrogen and oxygen atoms in total. The second-order valence-corrected chi connectivity index (χ2v) is 17.0. The molecule has 8 aromatic carbocycles. The standard InChI is InChI=1S/C48H33NOSi/c1-4-17-36(18-5-1)49-43-26-12-10-24-40(43)41-31-30-35(33-44(41)49)34-16-14-23-39(32-34)51(37-19-6-2-7-20-37,38-21-8-3-9-22-38)47-29-15-28-46-48(47)42-25-11-13-27-45(42)50-46/h1-33H. The SMILES string of the molecule is c1ccc(-n2c3ccccc3c3ccc(-c4cccc([Si](c5ccccc5)(c5ccccc5)c5cccc6oc7ccccc7c56)c4)cc32)cc1. The van der Waals surface area contributed by atoms with E-state index in [-0.39, 0.29) is 0 Å². The van der Waals surface area contributed by atoms with E-state index in [0.717, 1.165) is 22.2 Å². The number of para-hydroxylation sites is 3. The van der Waals surface area contributed by atoms with E-state index in [1.54, 1.807) is 0 Å². The van der Waals surface area contributed by atoms with Gasteiger partial charge in [-0.1, -0.05) is 164 Å². The fourth-order valence-corrected chi connectivity index (χ4v) is 13.4. The zero-order chi connectivity index (χ0) is 33.8. The largest absolute Gasteiger partial charge is 0.456 e.